The number of rotatable bonds is 12. The summed E-state index contributed by atoms with van der Waals surface area (Å²) >= 11 is 1.95. The molecule has 0 aliphatic carbocycles. The Kier molecular flexibility index (Phi) is 11.1. The van der Waals surface area contributed by atoms with Crippen LogP contribution in [0.2, 0.25) is 0 Å². The van der Waals surface area contributed by atoms with Crippen LogP contribution in [0.15, 0.2) is 42.5 Å². The van der Waals surface area contributed by atoms with E-state index in [1.807, 2.05) is 59.3 Å². The lowest BCUT2D eigenvalue weighted by Gasteiger charge is -2.40. The minimum Gasteiger partial charge on any atom is -0.496 e. The van der Waals surface area contributed by atoms with Crippen LogP contribution in [0.1, 0.15) is 50.7 Å². The van der Waals surface area contributed by atoms with Gasteiger partial charge in [-0.2, -0.15) is 0 Å². The molecule has 234 valence electrons. The molecule has 3 aliphatic rings. The van der Waals surface area contributed by atoms with Crippen LogP contribution < -0.4 is 14.4 Å². The molecule has 43 heavy (non-hydrogen) atoms. The van der Waals surface area contributed by atoms with Crippen molar-refractivity contribution in [1.82, 2.24) is 14.1 Å². The Morgan fingerprint density at radius 2 is 1.77 bits per heavy atom. The van der Waals surface area contributed by atoms with Crippen molar-refractivity contribution >= 4 is 29.6 Å². The van der Waals surface area contributed by atoms with E-state index >= 15 is 0 Å². The summed E-state index contributed by atoms with van der Waals surface area (Å²) in [5.74, 6) is 2.66. The predicted octanol–water partition coefficient (Wildman–Crippen LogP) is 5.22. The number of likely N-dealkylation sites (tertiary alicyclic amines) is 1. The van der Waals surface area contributed by atoms with Gasteiger partial charge in [-0.25, -0.2) is 4.79 Å². The van der Waals surface area contributed by atoms with Crippen molar-refractivity contribution in [2.45, 2.75) is 64.7 Å². The van der Waals surface area contributed by atoms with Gasteiger partial charge in [-0.05, 0) is 50.9 Å². The van der Waals surface area contributed by atoms with Gasteiger partial charge in [0.25, 0.3) is 0 Å². The summed E-state index contributed by atoms with van der Waals surface area (Å²) in [6.45, 7) is 11.4. The Morgan fingerprint density at radius 3 is 2.49 bits per heavy atom. The van der Waals surface area contributed by atoms with Gasteiger partial charge >= 0.3 is 6.09 Å². The molecule has 2 fully saturated rings. The lowest BCUT2D eigenvalue weighted by atomic mass is 10.00. The molecule has 5 rings (SSSR count). The number of methoxy groups -OCH3 is 1. The molecule has 3 heterocycles. The van der Waals surface area contributed by atoms with E-state index in [2.05, 4.69) is 23.1 Å². The van der Waals surface area contributed by atoms with Crippen molar-refractivity contribution in [3.63, 3.8) is 0 Å². The van der Waals surface area contributed by atoms with Crippen LogP contribution >= 0.6 is 11.9 Å². The first-order chi connectivity index (χ1) is 21.0. The first kappa shape index (κ1) is 31.5. The summed E-state index contributed by atoms with van der Waals surface area (Å²) in [4.78, 5) is 32.0. The van der Waals surface area contributed by atoms with Crippen LogP contribution in [0.4, 0.5) is 10.5 Å². The zero-order valence-corrected chi connectivity index (χ0v) is 26.7. The molecule has 0 atom stereocenters. The van der Waals surface area contributed by atoms with Gasteiger partial charge in [-0.3, -0.25) is 14.0 Å². The van der Waals surface area contributed by atoms with Crippen LogP contribution in [0.25, 0.3) is 0 Å². The van der Waals surface area contributed by atoms with Crippen LogP contribution in [0.5, 0.6) is 11.5 Å². The smallest absolute Gasteiger partial charge is 0.414 e. The van der Waals surface area contributed by atoms with Crippen molar-refractivity contribution in [3.05, 3.63) is 53.6 Å². The van der Waals surface area contributed by atoms with E-state index in [0.717, 1.165) is 73.9 Å². The molecular weight excluding hydrogens is 564 g/mol. The maximum absolute atomic E-state index is 13.3. The number of carbonyl (C=O) groups is 2. The van der Waals surface area contributed by atoms with Gasteiger partial charge < -0.3 is 24.0 Å². The lowest BCUT2D eigenvalue weighted by molar-refractivity contribution is -0.131. The van der Waals surface area contributed by atoms with Crippen LogP contribution in [-0.4, -0.2) is 96.9 Å². The van der Waals surface area contributed by atoms with Crippen LogP contribution in [0.3, 0.4) is 0 Å². The second-order valence-corrected chi connectivity index (χ2v) is 12.6. The molecule has 2 aromatic rings. The third-order valence-electron chi connectivity index (χ3n) is 8.86. The number of hydrogen-bond donors (Lipinski definition) is 0. The first-order valence-electron chi connectivity index (χ1n) is 15.7. The molecule has 2 aromatic carbocycles. The van der Waals surface area contributed by atoms with Crippen LogP contribution in [-0.2, 0) is 22.6 Å². The summed E-state index contributed by atoms with van der Waals surface area (Å²) in [5, 5.41) is 0. The van der Waals surface area contributed by atoms with Gasteiger partial charge in [-0.1, -0.05) is 50.1 Å². The normalized spacial score (nSPS) is 18.5. The highest BCUT2D eigenvalue weighted by Gasteiger charge is 2.35. The summed E-state index contributed by atoms with van der Waals surface area (Å²) in [6.07, 6.45) is 3.58. The van der Waals surface area contributed by atoms with Crippen molar-refractivity contribution in [2.24, 2.45) is 0 Å². The van der Waals surface area contributed by atoms with Crippen molar-refractivity contribution in [2.75, 3.05) is 63.6 Å². The standard InChI is InChI=1S/C33H46N4O5S/c1-4-34(5-2)20-21-43-36-18-14-28(15-19-36)42-29-11-10-25(31(23-29)40-3)22-32(38)35-16-12-27(13-17-35)37-30-9-7-6-8-26(30)24-41-33(37)39/h6-11,23,27-28H,4-5,12-22,24H2,1-3H3. The van der Waals surface area contributed by atoms with Gasteiger partial charge in [0.15, 0.2) is 0 Å². The van der Waals surface area contributed by atoms with Gasteiger partial charge in [-0.15, -0.1) is 0 Å². The molecule has 2 saturated heterocycles. The molecule has 0 N–H and O–H groups in total. The maximum Gasteiger partial charge on any atom is 0.414 e. The largest absolute Gasteiger partial charge is 0.496 e. The number of hydrogen-bond acceptors (Lipinski definition) is 8. The fourth-order valence-electron chi connectivity index (χ4n) is 6.22. The number of fused-ring (bicyclic) bond motifs is 1. The molecule has 10 heteroatoms. The summed E-state index contributed by atoms with van der Waals surface area (Å²) in [7, 11) is 1.64. The molecule has 9 nitrogen and oxygen atoms in total. The molecule has 0 radical (unpaired) electrons. The summed E-state index contributed by atoms with van der Waals surface area (Å²) in [6, 6.07) is 13.7. The second-order valence-electron chi connectivity index (χ2n) is 11.4. The van der Waals surface area contributed by atoms with E-state index in [4.69, 9.17) is 14.2 Å². The van der Waals surface area contributed by atoms with E-state index in [-0.39, 0.29) is 30.6 Å². The summed E-state index contributed by atoms with van der Waals surface area (Å²) in [5.41, 5.74) is 2.80. The predicted molar refractivity (Wildman–Crippen MR) is 171 cm³/mol. The third kappa shape index (κ3) is 7.96. The third-order valence-corrected chi connectivity index (χ3v) is 9.96. The zero-order valence-electron chi connectivity index (χ0n) is 25.8. The summed E-state index contributed by atoms with van der Waals surface area (Å²) < 4.78 is 19.9. The molecule has 0 unspecified atom stereocenters. The monoisotopic (exact) mass is 610 g/mol. The fraction of sp³-hybridized carbons (Fsp3) is 0.576. The van der Waals surface area contributed by atoms with Gasteiger partial charge in [0.2, 0.25) is 5.91 Å². The van der Waals surface area contributed by atoms with E-state index in [0.29, 0.717) is 38.3 Å². The minimum absolute atomic E-state index is 0.0157. The SMILES string of the molecule is CCN(CC)CCSN1CCC(Oc2ccc(CC(=O)N3CCC(N4C(=O)OCc5ccccc54)CC3)c(OC)c2)CC1. The number of carbonyl (C=O) groups excluding carboxylic acids is 2. The quantitative estimate of drug-likeness (QED) is 0.303. The Labute approximate surface area is 260 Å². The zero-order chi connectivity index (χ0) is 30.2. The average molecular weight is 611 g/mol. The van der Waals surface area contributed by atoms with Gasteiger partial charge in [0.1, 0.15) is 24.2 Å². The van der Waals surface area contributed by atoms with Crippen molar-refractivity contribution in [3.8, 4) is 11.5 Å². The number of piperidine rings is 2. The van der Waals surface area contributed by atoms with E-state index in [9.17, 15) is 9.59 Å². The van der Waals surface area contributed by atoms with Crippen molar-refractivity contribution in [1.29, 1.82) is 0 Å². The molecular formula is C33H46N4O5S. The van der Waals surface area contributed by atoms with Gasteiger partial charge in [0, 0.05) is 61.7 Å². The number of amides is 2. The highest BCUT2D eigenvalue weighted by Crippen LogP contribution is 2.33. The Balaban J connectivity index is 1.09. The minimum atomic E-state index is -0.300. The molecule has 0 aromatic heterocycles. The first-order valence-corrected chi connectivity index (χ1v) is 16.7. The average Bonchev–Trinajstić information content (AvgIpc) is 3.04. The number of nitrogens with zero attached hydrogens (tertiary/aromatic N) is 4. The van der Waals surface area contributed by atoms with Crippen LogP contribution in [0, 0.1) is 0 Å². The molecule has 0 spiro atoms. The fourth-order valence-corrected chi connectivity index (χ4v) is 7.29. The molecule has 0 bridgehead atoms. The Hall–Kier alpha value is -2.95. The Bertz CT molecular complexity index is 1230. The number of para-hydroxylation sites is 1. The highest BCUT2D eigenvalue weighted by atomic mass is 32.2. The van der Waals surface area contributed by atoms with E-state index < -0.39 is 0 Å². The number of cyclic esters (lactones) is 1. The van der Waals surface area contributed by atoms with Gasteiger partial charge in [0.05, 0.1) is 19.2 Å². The number of ether oxygens (including phenoxy) is 3. The Morgan fingerprint density at radius 1 is 1.02 bits per heavy atom. The second kappa shape index (κ2) is 15.2. The number of benzene rings is 2. The maximum atomic E-state index is 13.3. The lowest BCUT2D eigenvalue weighted by Crippen LogP contribution is -2.50. The molecule has 0 saturated carbocycles. The van der Waals surface area contributed by atoms with E-state index in [1.54, 1.807) is 12.0 Å². The topological polar surface area (TPSA) is 74.8 Å². The van der Waals surface area contributed by atoms with Crippen molar-refractivity contribution < 1.29 is 23.8 Å². The molecule has 3 aliphatic heterocycles. The molecule has 2 amide bonds. The highest BCUT2D eigenvalue weighted by molar-refractivity contribution is 7.97. The number of anilines is 1. The van der Waals surface area contributed by atoms with E-state index in [1.165, 1.54) is 0 Å².